The van der Waals surface area contributed by atoms with Gasteiger partial charge < -0.3 is 14.9 Å². The smallest absolute Gasteiger partial charge is 0.282 e. The molecular formula is C21H15N5O4S. The number of hydrogen-bond donors (Lipinski definition) is 1. The van der Waals surface area contributed by atoms with E-state index in [2.05, 4.69) is 10.2 Å². The summed E-state index contributed by atoms with van der Waals surface area (Å²) in [5.74, 6) is 1.00. The third-order valence-electron chi connectivity index (χ3n) is 4.75. The maximum absolute atomic E-state index is 11.3. The van der Waals surface area contributed by atoms with E-state index in [9.17, 15) is 10.1 Å². The van der Waals surface area contributed by atoms with Gasteiger partial charge in [-0.15, -0.1) is 21.5 Å². The Labute approximate surface area is 179 Å². The summed E-state index contributed by atoms with van der Waals surface area (Å²) in [6, 6.07) is 13.8. The van der Waals surface area contributed by atoms with E-state index in [0.717, 1.165) is 26.9 Å². The van der Waals surface area contributed by atoms with Crippen molar-refractivity contribution in [2.45, 2.75) is 6.92 Å². The largest absolute Gasteiger partial charge is 0.494 e. The van der Waals surface area contributed by atoms with Crippen LogP contribution in [0.5, 0.6) is 5.75 Å². The molecule has 10 heteroatoms. The first-order valence-electron chi connectivity index (χ1n) is 9.38. The Morgan fingerprint density at radius 1 is 1.16 bits per heavy atom. The molecule has 0 saturated heterocycles. The van der Waals surface area contributed by atoms with E-state index in [1.54, 1.807) is 18.2 Å². The molecule has 0 saturated carbocycles. The summed E-state index contributed by atoms with van der Waals surface area (Å²) in [5.41, 5.74) is 7.81. The molecule has 0 atom stereocenters. The number of nitrogens with two attached hydrogens (primary N) is 1. The van der Waals surface area contributed by atoms with E-state index >= 15 is 0 Å². The predicted octanol–water partition coefficient (Wildman–Crippen LogP) is 5.06. The zero-order valence-electron chi connectivity index (χ0n) is 16.2. The van der Waals surface area contributed by atoms with Crippen molar-refractivity contribution in [2.24, 2.45) is 0 Å². The van der Waals surface area contributed by atoms with Crippen LogP contribution >= 0.6 is 11.3 Å². The molecule has 0 aliphatic heterocycles. The molecule has 2 aromatic carbocycles. The number of nitro groups is 1. The van der Waals surface area contributed by atoms with Gasteiger partial charge >= 0.3 is 0 Å². The Morgan fingerprint density at radius 3 is 2.77 bits per heavy atom. The molecule has 2 N–H and O–H groups in total. The lowest BCUT2D eigenvalue weighted by Crippen LogP contribution is -1.91. The number of nitrogen functional groups attached to an aromatic ring is 1. The fourth-order valence-electron chi connectivity index (χ4n) is 3.33. The average Bonchev–Trinajstić information content (AvgIpc) is 3.37. The number of benzene rings is 2. The van der Waals surface area contributed by atoms with Crippen molar-refractivity contribution in [3.05, 3.63) is 58.6 Å². The minimum atomic E-state index is -0.487. The molecule has 0 spiro atoms. The molecule has 0 aliphatic rings. The molecule has 3 aromatic heterocycles. The van der Waals surface area contributed by atoms with Crippen molar-refractivity contribution >= 4 is 43.8 Å². The van der Waals surface area contributed by atoms with Crippen LogP contribution in [0.25, 0.3) is 43.3 Å². The summed E-state index contributed by atoms with van der Waals surface area (Å²) in [5, 5.41) is 21.0. The highest BCUT2D eigenvalue weighted by Crippen LogP contribution is 2.42. The first-order chi connectivity index (χ1) is 15.0. The van der Waals surface area contributed by atoms with Crippen LogP contribution in [-0.2, 0) is 0 Å². The molecule has 9 nitrogen and oxygen atoms in total. The lowest BCUT2D eigenvalue weighted by atomic mass is 10.1. The summed E-state index contributed by atoms with van der Waals surface area (Å²) < 4.78 is 11.3. The minimum absolute atomic E-state index is 0.0543. The lowest BCUT2D eigenvalue weighted by molar-refractivity contribution is -0.384. The molecule has 154 valence electrons. The van der Waals surface area contributed by atoms with Crippen LogP contribution in [0.15, 0.2) is 52.9 Å². The van der Waals surface area contributed by atoms with Gasteiger partial charge in [-0.3, -0.25) is 10.1 Å². The number of hydrogen-bond acceptors (Lipinski definition) is 9. The fourth-order valence-corrected chi connectivity index (χ4v) is 4.34. The van der Waals surface area contributed by atoms with Gasteiger partial charge in [0.1, 0.15) is 21.0 Å². The third kappa shape index (κ3) is 3.22. The number of rotatable bonds is 5. The number of para-hydroxylation sites is 1. The van der Waals surface area contributed by atoms with Gasteiger partial charge in [0.2, 0.25) is 0 Å². The Kier molecular flexibility index (Phi) is 4.48. The SMILES string of the molecule is CCOc1ccc2nc3sc(-c4nnc(-c5ccccc5[N+](=O)[O-])o4)c(N)c3cc2c1. The van der Waals surface area contributed by atoms with Gasteiger partial charge in [0.25, 0.3) is 17.5 Å². The number of ether oxygens (including phenoxy) is 1. The summed E-state index contributed by atoms with van der Waals surface area (Å²) in [4.78, 5) is 16.8. The van der Waals surface area contributed by atoms with Crippen LogP contribution in [-0.4, -0.2) is 26.7 Å². The van der Waals surface area contributed by atoms with Crippen LogP contribution in [0.2, 0.25) is 0 Å². The number of nitro benzene ring substituents is 1. The Balaban J connectivity index is 1.60. The molecule has 0 aliphatic carbocycles. The quantitative estimate of drug-likeness (QED) is 0.301. The molecule has 0 amide bonds. The first kappa shape index (κ1) is 18.9. The van der Waals surface area contributed by atoms with Gasteiger partial charge in [0.15, 0.2) is 0 Å². The van der Waals surface area contributed by atoms with Crippen molar-refractivity contribution in [2.75, 3.05) is 12.3 Å². The number of fused-ring (bicyclic) bond motifs is 2. The normalized spacial score (nSPS) is 11.3. The maximum Gasteiger partial charge on any atom is 0.282 e. The second kappa shape index (κ2) is 7.33. The van der Waals surface area contributed by atoms with Crippen LogP contribution in [0.4, 0.5) is 11.4 Å². The molecule has 0 unspecified atom stereocenters. The summed E-state index contributed by atoms with van der Waals surface area (Å²) in [6.07, 6.45) is 0. The van der Waals surface area contributed by atoms with Gasteiger partial charge in [-0.2, -0.15) is 0 Å². The highest BCUT2D eigenvalue weighted by atomic mass is 32.1. The van der Waals surface area contributed by atoms with Crippen molar-refractivity contribution in [3.8, 4) is 28.0 Å². The highest BCUT2D eigenvalue weighted by Gasteiger charge is 2.23. The van der Waals surface area contributed by atoms with Gasteiger partial charge in [-0.25, -0.2) is 4.98 Å². The van der Waals surface area contributed by atoms with Crippen LogP contribution < -0.4 is 10.5 Å². The van der Waals surface area contributed by atoms with E-state index in [-0.39, 0.29) is 23.0 Å². The number of pyridine rings is 1. The monoisotopic (exact) mass is 433 g/mol. The topological polar surface area (TPSA) is 130 Å². The van der Waals surface area contributed by atoms with E-state index in [4.69, 9.17) is 19.9 Å². The average molecular weight is 433 g/mol. The Hall–Kier alpha value is -4.05. The number of aromatic nitrogens is 3. The zero-order chi connectivity index (χ0) is 21.5. The molecular weight excluding hydrogens is 418 g/mol. The van der Waals surface area contributed by atoms with E-state index in [1.165, 1.54) is 17.4 Å². The Morgan fingerprint density at radius 2 is 1.97 bits per heavy atom. The third-order valence-corrected chi connectivity index (χ3v) is 5.85. The van der Waals surface area contributed by atoms with Crippen molar-refractivity contribution in [3.63, 3.8) is 0 Å². The standard InChI is InChI=1S/C21H15N5O4S/c1-2-29-12-7-8-15-11(9-12)10-14-17(22)18(31-21(14)23-15)20-25-24-19(30-20)13-5-3-4-6-16(13)26(27)28/h3-10H,2,22H2,1H3. The van der Waals surface area contributed by atoms with Crippen molar-refractivity contribution in [1.29, 1.82) is 0 Å². The summed E-state index contributed by atoms with van der Waals surface area (Å²) in [6.45, 7) is 2.50. The predicted molar refractivity (Wildman–Crippen MR) is 118 cm³/mol. The van der Waals surface area contributed by atoms with Gasteiger partial charge in [-0.1, -0.05) is 12.1 Å². The molecule has 3 heterocycles. The molecule has 0 fully saturated rings. The maximum atomic E-state index is 11.3. The van der Waals surface area contributed by atoms with Crippen molar-refractivity contribution in [1.82, 2.24) is 15.2 Å². The van der Waals surface area contributed by atoms with E-state index in [1.807, 2.05) is 31.2 Å². The fraction of sp³-hybridized carbons (Fsp3) is 0.0952. The molecule has 5 rings (SSSR count). The zero-order valence-corrected chi connectivity index (χ0v) is 17.0. The van der Waals surface area contributed by atoms with E-state index < -0.39 is 4.92 Å². The minimum Gasteiger partial charge on any atom is -0.494 e. The summed E-state index contributed by atoms with van der Waals surface area (Å²) >= 11 is 1.33. The molecule has 0 radical (unpaired) electrons. The number of thiophene rings is 1. The second-order valence-corrected chi connectivity index (χ2v) is 7.66. The molecule has 0 bridgehead atoms. The van der Waals surface area contributed by atoms with Gasteiger partial charge in [-0.05, 0) is 37.3 Å². The molecule has 31 heavy (non-hydrogen) atoms. The highest BCUT2D eigenvalue weighted by molar-refractivity contribution is 7.22. The Bertz CT molecular complexity index is 1460. The molecule has 5 aromatic rings. The van der Waals surface area contributed by atoms with Crippen LogP contribution in [0, 0.1) is 10.1 Å². The number of nitrogens with zero attached hydrogens (tertiary/aromatic N) is 4. The lowest BCUT2D eigenvalue weighted by Gasteiger charge is -2.04. The number of anilines is 1. The second-order valence-electron chi connectivity index (χ2n) is 6.66. The summed E-state index contributed by atoms with van der Waals surface area (Å²) in [7, 11) is 0. The van der Waals surface area contributed by atoms with E-state index in [0.29, 0.717) is 17.2 Å². The van der Waals surface area contributed by atoms with Crippen molar-refractivity contribution < 1.29 is 14.1 Å². The van der Waals surface area contributed by atoms with Crippen LogP contribution in [0.3, 0.4) is 0 Å². The van der Waals surface area contributed by atoms with Crippen LogP contribution in [0.1, 0.15) is 6.92 Å². The van der Waals surface area contributed by atoms with Gasteiger partial charge in [0, 0.05) is 16.8 Å². The van der Waals surface area contributed by atoms with Gasteiger partial charge in [0.05, 0.1) is 22.7 Å². The first-order valence-corrected chi connectivity index (χ1v) is 10.2.